The second kappa shape index (κ2) is 4.40. The number of esters is 1. The molecule has 0 amide bonds. The van der Waals surface area contributed by atoms with Crippen LogP contribution in [-0.4, -0.2) is 23.8 Å². The van der Waals surface area contributed by atoms with Gasteiger partial charge in [-0.1, -0.05) is 13.8 Å². The third-order valence-corrected chi connectivity index (χ3v) is 4.08. The Hall–Kier alpha value is -1.71. The Balaban J connectivity index is 2.17. The van der Waals surface area contributed by atoms with Gasteiger partial charge in [0.15, 0.2) is 5.78 Å². The Bertz CT molecular complexity index is 600. The summed E-state index contributed by atoms with van der Waals surface area (Å²) in [5, 5.41) is 0. The van der Waals surface area contributed by atoms with Gasteiger partial charge in [-0.15, -0.1) is 0 Å². The van der Waals surface area contributed by atoms with Gasteiger partial charge in [0.2, 0.25) is 0 Å². The monoisotopic (exact) mass is 273 g/mol. The van der Waals surface area contributed by atoms with E-state index in [1.165, 1.54) is 7.11 Å². The summed E-state index contributed by atoms with van der Waals surface area (Å²) in [4.78, 5) is 29.0. The lowest BCUT2D eigenvalue weighted by Gasteiger charge is -2.30. The van der Waals surface area contributed by atoms with E-state index in [0.717, 1.165) is 30.7 Å². The number of Topliss-reactive ketones (excluding diaryl/α,β-unsaturated/α-hetero) is 1. The quantitative estimate of drug-likeness (QED) is 0.777. The van der Waals surface area contributed by atoms with E-state index >= 15 is 0 Å². The number of methoxy groups -OCH3 is 1. The topological polar surface area (TPSA) is 56.3 Å². The van der Waals surface area contributed by atoms with Crippen LogP contribution >= 0.6 is 0 Å². The molecule has 0 bridgehead atoms. The minimum Gasteiger partial charge on any atom is -0.465 e. The third kappa shape index (κ3) is 2.23. The molecular weight excluding hydrogens is 254 g/mol. The van der Waals surface area contributed by atoms with Crippen molar-refractivity contribution in [3.8, 4) is 0 Å². The molecule has 0 aromatic carbocycles. The van der Waals surface area contributed by atoms with Crippen LogP contribution in [0.3, 0.4) is 0 Å². The molecule has 4 nitrogen and oxygen atoms in total. The largest absolute Gasteiger partial charge is 0.465 e. The van der Waals surface area contributed by atoms with Gasteiger partial charge in [0.05, 0.1) is 23.9 Å². The molecule has 0 N–H and O–H groups in total. The van der Waals surface area contributed by atoms with Crippen LogP contribution in [-0.2, 0) is 11.2 Å². The summed E-state index contributed by atoms with van der Waals surface area (Å²) in [6, 6.07) is 1.76. The second-order valence-corrected chi connectivity index (χ2v) is 6.62. The van der Waals surface area contributed by atoms with Gasteiger partial charge < -0.3 is 4.74 Å². The first-order chi connectivity index (χ1) is 9.41. The number of rotatable bonds is 2. The number of pyridine rings is 1. The number of fused-ring (bicyclic) bond motifs is 1. The SMILES string of the molecule is COC(=O)c1cc(C2CC2)nc2c1C(=O)CC(C)(C)C2. The molecule has 1 fully saturated rings. The number of hydrogen-bond donors (Lipinski definition) is 0. The summed E-state index contributed by atoms with van der Waals surface area (Å²) in [6.07, 6.45) is 3.42. The fourth-order valence-corrected chi connectivity index (χ4v) is 2.96. The van der Waals surface area contributed by atoms with Crippen LogP contribution in [0.2, 0.25) is 0 Å². The number of nitrogens with zero attached hydrogens (tertiary/aromatic N) is 1. The van der Waals surface area contributed by atoms with E-state index in [9.17, 15) is 9.59 Å². The van der Waals surface area contributed by atoms with Crippen molar-refractivity contribution in [2.75, 3.05) is 7.11 Å². The molecule has 1 aromatic heterocycles. The van der Waals surface area contributed by atoms with Gasteiger partial charge in [-0.2, -0.15) is 0 Å². The fourth-order valence-electron chi connectivity index (χ4n) is 2.96. The van der Waals surface area contributed by atoms with Crippen molar-refractivity contribution >= 4 is 11.8 Å². The Morgan fingerprint density at radius 1 is 1.35 bits per heavy atom. The number of ether oxygens (including phenoxy) is 1. The lowest BCUT2D eigenvalue weighted by atomic mass is 9.74. The highest BCUT2D eigenvalue weighted by atomic mass is 16.5. The molecule has 1 heterocycles. The van der Waals surface area contributed by atoms with Crippen LogP contribution in [0.15, 0.2) is 6.07 Å². The highest BCUT2D eigenvalue weighted by molar-refractivity contribution is 6.08. The van der Waals surface area contributed by atoms with E-state index in [0.29, 0.717) is 23.5 Å². The number of ketones is 1. The maximum Gasteiger partial charge on any atom is 0.338 e. The molecule has 0 atom stereocenters. The Morgan fingerprint density at radius 3 is 2.65 bits per heavy atom. The normalized spacial score (nSPS) is 20.4. The summed E-state index contributed by atoms with van der Waals surface area (Å²) in [5.74, 6) is 0.0222. The van der Waals surface area contributed by atoms with Gasteiger partial charge >= 0.3 is 5.97 Å². The molecule has 106 valence electrons. The van der Waals surface area contributed by atoms with Crippen molar-refractivity contribution in [2.24, 2.45) is 5.41 Å². The van der Waals surface area contributed by atoms with Crippen LogP contribution < -0.4 is 0 Å². The molecule has 1 aromatic rings. The lowest BCUT2D eigenvalue weighted by molar-refractivity contribution is 0.0594. The lowest BCUT2D eigenvalue weighted by Crippen LogP contribution is -2.30. The van der Waals surface area contributed by atoms with Gasteiger partial charge in [-0.05, 0) is 30.7 Å². The van der Waals surface area contributed by atoms with Crippen LogP contribution in [0.25, 0.3) is 0 Å². The number of aromatic nitrogens is 1. The summed E-state index contributed by atoms with van der Waals surface area (Å²) >= 11 is 0. The zero-order valence-electron chi connectivity index (χ0n) is 12.2. The van der Waals surface area contributed by atoms with Crippen LogP contribution in [0.5, 0.6) is 0 Å². The summed E-state index contributed by atoms with van der Waals surface area (Å²) in [6.45, 7) is 4.13. The van der Waals surface area contributed by atoms with Gasteiger partial charge in [-0.25, -0.2) is 4.79 Å². The van der Waals surface area contributed by atoms with E-state index in [2.05, 4.69) is 18.8 Å². The summed E-state index contributed by atoms with van der Waals surface area (Å²) < 4.78 is 4.84. The second-order valence-electron chi connectivity index (χ2n) is 6.62. The first-order valence-corrected chi connectivity index (χ1v) is 7.06. The first-order valence-electron chi connectivity index (χ1n) is 7.06. The first kappa shape index (κ1) is 13.3. The summed E-state index contributed by atoms with van der Waals surface area (Å²) in [5.41, 5.74) is 2.51. The molecular formula is C16H19NO3. The maximum atomic E-state index is 12.4. The van der Waals surface area contributed by atoms with E-state index < -0.39 is 5.97 Å². The Kier molecular flexibility index (Phi) is 2.92. The summed E-state index contributed by atoms with van der Waals surface area (Å²) in [7, 11) is 1.35. The van der Waals surface area contributed by atoms with E-state index in [1.54, 1.807) is 6.07 Å². The van der Waals surface area contributed by atoms with E-state index in [-0.39, 0.29) is 11.2 Å². The van der Waals surface area contributed by atoms with Gasteiger partial charge in [0.25, 0.3) is 0 Å². The van der Waals surface area contributed by atoms with E-state index in [1.807, 2.05) is 0 Å². The maximum absolute atomic E-state index is 12.4. The minimum atomic E-state index is -0.432. The highest BCUT2D eigenvalue weighted by Crippen LogP contribution is 2.42. The fraction of sp³-hybridized carbons (Fsp3) is 0.562. The molecule has 0 aliphatic heterocycles. The van der Waals surface area contributed by atoms with Crippen molar-refractivity contribution in [1.29, 1.82) is 0 Å². The molecule has 1 saturated carbocycles. The molecule has 3 rings (SSSR count). The van der Waals surface area contributed by atoms with Crippen molar-refractivity contribution in [3.63, 3.8) is 0 Å². The molecule has 0 radical (unpaired) electrons. The Morgan fingerprint density at radius 2 is 2.05 bits per heavy atom. The number of carbonyl (C=O) groups is 2. The number of hydrogen-bond acceptors (Lipinski definition) is 4. The van der Waals surface area contributed by atoms with Crippen molar-refractivity contribution < 1.29 is 14.3 Å². The molecule has 2 aliphatic carbocycles. The zero-order valence-corrected chi connectivity index (χ0v) is 12.2. The van der Waals surface area contributed by atoms with Gasteiger partial charge in [-0.3, -0.25) is 9.78 Å². The Labute approximate surface area is 118 Å². The molecule has 0 saturated heterocycles. The zero-order chi connectivity index (χ0) is 14.5. The van der Waals surface area contributed by atoms with Crippen LogP contribution in [0.1, 0.15) is 71.1 Å². The molecule has 0 unspecified atom stereocenters. The number of carbonyl (C=O) groups excluding carboxylic acids is 2. The standard InChI is InChI=1S/C16H19NO3/c1-16(2)7-12-14(13(18)8-16)10(15(19)20-3)6-11(17-12)9-4-5-9/h6,9H,4-5,7-8H2,1-3H3. The molecule has 4 heteroatoms. The molecule has 2 aliphatic rings. The van der Waals surface area contributed by atoms with Crippen LogP contribution in [0.4, 0.5) is 0 Å². The van der Waals surface area contributed by atoms with Gasteiger partial charge in [0, 0.05) is 18.0 Å². The van der Waals surface area contributed by atoms with Crippen molar-refractivity contribution in [2.45, 2.75) is 45.4 Å². The van der Waals surface area contributed by atoms with Crippen molar-refractivity contribution in [3.05, 3.63) is 28.6 Å². The van der Waals surface area contributed by atoms with Gasteiger partial charge in [0.1, 0.15) is 0 Å². The van der Waals surface area contributed by atoms with Crippen molar-refractivity contribution in [1.82, 2.24) is 4.98 Å². The average molecular weight is 273 g/mol. The minimum absolute atomic E-state index is 0.00602. The third-order valence-electron chi connectivity index (χ3n) is 4.08. The molecule has 20 heavy (non-hydrogen) atoms. The predicted octanol–water partition coefficient (Wildman–Crippen LogP) is 2.90. The van der Waals surface area contributed by atoms with Crippen LogP contribution in [0, 0.1) is 5.41 Å². The highest BCUT2D eigenvalue weighted by Gasteiger charge is 2.37. The van der Waals surface area contributed by atoms with E-state index in [4.69, 9.17) is 4.74 Å². The smallest absolute Gasteiger partial charge is 0.338 e. The predicted molar refractivity (Wildman–Crippen MR) is 74.0 cm³/mol. The molecule has 0 spiro atoms. The average Bonchev–Trinajstić information content (AvgIpc) is 3.18.